The molecule has 0 saturated heterocycles. The number of likely N-dealkylation sites (N-methyl/N-ethyl adjacent to an activating group) is 1. The van der Waals surface area contributed by atoms with E-state index in [4.69, 9.17) is 0 Å². The minimum atomic E-state index is 0.965. The minimum Gasteiger partial charge on any atom is -0.343 e. The highest BCUT2D eigenvalue weighted by molar-refractivity contribution is 6.02. The van der Waals surface area contributed by atoms with Gasteiger partial charge in [-0.25, -0.2) is 0 Å². The zero-order chi connectivity index (χ0) is 18.3. The number of pyridine rings is 1. The number of allylic oxidation sites excluding steroid dienone is 1. The van der Waals surface area contributed by atoms with Crippen LogP contribution in [0.3, 0.4) is 0 Å². The van der Waals surface area contributed by atoms with Crippen molar-refractivity contribution < 1.29 is 4.57 Å². The van der Waals surface area contributed by atoms with Crippen molar-refractivity contribution >= 4 is 28.6 Å². The van der Waals surface area contributed by atoms with Gasteiger partial charge in [0.1, 0.15) is 6.54 Å². The van der Waals surface area contributed by atoms with Crippen molar-refractivity contribution in [2.24, 2.45) is 0 Å². The van der Waals surface area contributed by atoms with Gasteiger partial charge in [0, 0.05) is 35.8 Å². The lowest BCUT2D eigenvalue weighted by molar-refractivity contribution is -0.695. The molecule has 0 bridgehead atoms. The van der Waals surface area contributed by atoms with Gasteiger partial charge in [0.2, 0.25) is 5.69 Å². The zero-order valence-electron chi connectivity index (χ0n) is 16.0. The van der Waals surface area contributed by atoms with Crippen molar-refractivity contribution in [3.63, 3.8) is 0 Å². The first-order valence-corrected chi connectivity index (χ1v) is 9.24. The highest BCUT2D eigenvalue weighted by Crippen LogP contribution is 2.38. The highest BCUT2D eigenvalue weighted by Gasteiger charge is 2.19. The van der Waals surface area contributed by atoms with Gasteiger partial charge >= 0.3 is 0 Å². The molecule has 130 valence electrons. The van der Waals surface area contributed by atoms with Crippen LogP contribution in [-0.4, -0.2) is 7.05 Å². The number of nitrogens with zero attached hydrogens (tertiary/aromatic N) is 2. The third-order valence-electron chi connectivity index (χ3n) is 5.25. The molecule has 1 aliphatic rings. The van der Waals surface area contributed by atoms with Crippen molar-refractivity contribution in [1.82, 2.24) is 0 Å². The maximum atomic E-state index is 2.32. The average Bonchev–Trinajstić information content (AvgIpc) is 2.65. The van der Waals surface area contributed by atoms with Gasteiger partial charge in [-0.1, -0.05) is 30.3 Å². The van der Waals surface area contributed by atoms with Crippen LogP contribution in [0, 0.1) is 13.8 Å². The number of benzene rings is 2. The zero-order valence-corrected chi connectivity index (χ0v) is 16.0. The number of rotatable bonds is 2. The molecule has 0 aliphatic carbocycles. The van der Waals surface area contributed by atoms with E-state index in [1.54, 1.807) is 0 Å². The molecule has 2 heterocycles. The Kier molecular flexibility index (Phi) is 4.12. The Morgan fingerprint density at radius 1 is 1.00 bits per heavy atom. The third-order valence-corrected chi connectivity index (χ3v) is 5.25. The van der Waals surface area contributed by atoms with E-state index in [2.05, 4.69) is 104 Å². The Labute approximate surface area is 155 Å². The van der Waals surface area contributed by atoms with Crippen LogP contribution in [0.4, 0.5) is 5.69 Å². The Morgan fingerprint density at radius 3 is 2.54 bits per heavy atom. The maximum absolute atomic E-state index is 2.32. The fourth-order valence-corrected chi connectivity index (χ4v) is 3.86. The summed E-state index contributed by atoms with van der Waals surface area (Å²) >= 11 is 0. The summed E-state index contributed by atoms with van der Waals surface area (Å²) in [5, 5.41) is 2.64. The molecule has 0 N–H and O–H groups in total. The summed E-state index contributed by atoms with van der Waals surface area (Å²) in [5.74, 6) is 0. The lowest BCUT2D eigenvalue weighted by Gasteiger charge is -2.28. The summed E-state index contributed by atoms with van der Waals surface area (Å²) in [7, 11) is 2.17. The summed E-state index contributed by atoms with van der Waals surface area (Å²) in [6, 6.07) is 15.4. The number of aryl methyl sites for hydroxylation is 3. The van der Waals surface area contributed by atoms with Gasteiger partial charge in [0.25, 0.3) is 0 Å². The summed E-state index contributed by atoms with van der Waals surface area (Å²) in [6.07, 6.45) is 8.95. The van der Waals surface area contributed by atoms with Crippen molar-refractivity contribution in [3.8, 4) is 0 Å². The molecule has 2 heteroatoms. The van der Waals surface area contributed by atoms with Crippen LogP contribution < -0.4 is 9.47 Å². The molecular formula is C24H25N2+. The van der Waals surface area contributed by atoms with Gasteiger partial charge in [0.05, 0.1) is 5.69 Å². The fraction of sp³-hybridized carbons (Fsp3) is 0.208. The van der Waals surface area contributed by atoms with Crippen LogP contribution in [0.5, 0.6) is 0 Å². The quantitative estimate of drug-likeness (QED) is 0.576. The molecule has 1 aromatic heterocycles. The Bertz CT molecular complexity index is 1060. The van der Waals surface area contributed by atoms with Crippen molar-refractivity contribution in [1.29, 1.82) is 0 Å². The molecule has 0 fully saturated rings. The molecule has 2 nitrogen and oxygen atoms in total. The molecule has 2 aromatic carbocycles. The second kappa shape index (κ2) is 6.45. The van der Waals surface area contributed by atoms with E-state index in [9.17, 15) is 0 Å². The van der Waals surface area contributed by atoms with Crippen LogP contribution in [0.2, 0.25) is 0 Å². The Morgan fingerprint density at radius 2 is 1.77 bits per heavy atom. The molecule has 0 amide bonds. The molecule has 26 heavy (non-hydrogen) atoms. The standard InChI is InChI=1S/C24H25N2/c1-5-26-16-17(2)10-12-21(26)15-20-13-11-19-14-18(3)22-8-6-7-9-23(22)24(19)25(20)4/h6-16H,5H2,1-4H3/q+1. The summed E-state index contributed by atoms with van der Waals surface area (Å²) in [4.78, 5) is 2.32. The number of hydrogen-bond acceptors (Lipinski definition) is 1. The first-order valence-electron chi connectivity index (χ1n) is 9.24. The van der Waals surface area contributed by atoms with Crippen LogP contribution in [0.25, 0.3) is 22.9 Å². The van der Waals surface area contributed by atoms with Gasteiger partial charge in [-0.3, -0.25) is 0 Å². The van der Waals surface area contributed by atoms with Gasteiger partial charge in [-0.05, 0) is 55.5 Å². The SMILES string of the molecule is CC[n+]1cc(C)ccc1/C=C1\C=Cc2cc(C)c3ccccc3c2N1C. The molecule has 0 spiro atoms. The summed E-state index contributed by atoms with van der Waals surface area (Å²) in [5.41, 5.74) is 7.62. The van der Waals surface area contributed by atoms with Crippen LogP contribution >= 0.6 is 0 Å². The lowest BCUT2D eigenvalue weighted by atomic mass is 9.95. The second-order valence-electron chi connectivity index (χ2n) is 7.06. The smallest absolute Gasteiger partial charge is 0.207 e. The minimum absolute atomic E-state index is 0.965. The first-order chi connectivity index (χ1) is 12.6. The van der Waals surface area contributed by atoms with Gasteiger partial charge in [0.15, 0.2) is 6.20 Å². The van der Waals surface area contributed by atoms with Crippen molar-refractivity contribution in [3.05, 3.63) is 82.8 Å². The molecule has 4 rings (SSSR count). The predicted octanol–water partition coefficient (Wildman–Crippen LogP) is 5.27. The predicted molar refractivity (Wildman–Crippen MR) is 111 cm³/mol. The number of anilines is 1. The average molecular weight is 341 g/mol. The molecule has 0 saturated carbocycles. The molecule has 1 aliphatic heterocycles. The van der Waals surface area contributed by atoms with E-state index in [1.807, 2.05) is 0 Å². The normalized spacial score (nSPS) is 14.9. The fourth-order valence-electron chi connectivity index (χ4n) is 3.86. The molecule has 0 unspecified atom stereocenters. The van der Waals surface area contributed by atoms with Crippen LogP contribution in [-0.2, 0) is 6.54 Å². The highest BCUT2D eigenvalue weighted by atomic mass is 15.1. The number of hydrogen-bond donors (Lipinski definition) is 0. The summed E-state index contributed by atoms with van der Waals surface area (Å²) < 4.78 is 2.30. The number of aromatic nitrogens is 1. The van der Waals surface area contributed by atoms with E-state index in [0.29, 0.717) is 0 Å². The molecule has 0 radical (unpaired) electrons. The molecule has 3 aromatic rings. The lowest BCUT2D eigenvalue weighted by Crippen LogP contribution is -2.36. The van der Waals surface area contributed by atoms with E-state index in [0.717, 1.165) is 6.54 Å². The first kappa shape index (κ1) is 16.6. The largest absolute Gasteiger partial charge is 0.343 e. The monoisotopic (exact) mass is 341 g/mol. The third kappa shape index (κ3) is 2.72. The Hall–Kier alpha value is -2.87. The van der Waals surface area contributed by atoms with E-state index >= 15 is 0 Å². The van der Waals surface area contributed by atoms with Gasteiger partial charge < -0.3 is 4.90 Å². The van der Waals surface area contributed by atoms with Crippen molar-refractivity contribution in [2.45, 2.75) is 27.3 Å². The summed E-state index contributed by atoms with van der Waals surface area (Å²) in [6.45, 7) is 7.49. The molecule has 0 atom stereocenters. The second-order valence-corrected chi connectivity index (χ2v) is 7.06. The van der Waals surface area contributed by atoms with Crippen LogP contribution in [0.1, 0.15) is 29.3 Å². The van der Waals surface area contributed by atoms with Gasteiger partial charge in [-0.2, -0.15) is 4.57 Å². The van der Waals surface area contributed by atoms with Gasteiger partial charge in [-0.15, -0.1) is 0 Å². The topological polar surface area (TPSA) is 7.12 Å². The molecular weight excluding hydrogens is 316 g/mol. The van der Waals surface area contributed by atoms with Crippen LogP contribution in [0.15, 0.2) is 60.4 Å². The Balaban J connectivity index is 1.87. The van der Waals surface area contributed by atoms with E-state index < -0.39 is 0 Å². The van der Waals surface area contributed by atoms with E-state index in [-0.39, 0.29) is 0 Å². The van der Waals surface area contributed by atoms with Crippen molar-refractivity contribution in [2.75, 3.05) is 11.9 Å². The maximum Gasteiger partial charge on any atom is 0.207 e. The number of fused-ring (bicyclic) bond motifs is 3. The van der Waals surface area contributed by atoms with E-state index in [1.165, 1.54) is 44.5 Å².